The van der Waals surface area contributed by atoms with Gasteiger partial charge in [0.25, 0.3) is 0 Å². The summed E-state index contributed by atoms with van der Waals surface area (Å²) in [6.07, 6.45) is 20.4. The van der Waals surface area contributed by atoms with Crippen LogP contribution >= 0.6 is 0 Å². The molecule has 2 atom stereocenters. The van der Waals surface area contributed by atoms with Crippen LogP contribution in [0.25, 0.3) is 0 Å². The minimum absolute atomic E-state index is 0.284. The lowest BCUT2D eigenvalue weighted by molar-refractivity contribution is -0.535. The Morgan fingerprint density at radius 1 is 0.889 bits per heavy atom. The van der Waals surface area contributed by atoms with Crippen LogP contribution in [0.1, 0.15) is 110 Å². The van der Waals surface area contributed by atoms with Gasteiger partial charge in [0.15, 0.2) is 0 Å². The first-order valence-electron chi connectivity index (χ1n) is 11.0. The molecule has 0 fully saturated rings. The highest BCUT2D eigenvalue weighted by atomic mass is 16.6. The molecule has 5 nitrogen and oxygen atoms in total. The third-order valence-corrected chi connectivity index (χ3v) is 5.12. The molecule has 0 aromatic rings. The second kappa shape index (κ2) is 19.5. The molecule has 0 amide bonds. The fourth-order valence-electron chi connectivity index (χ4n) is 3.40. The van der Waals surface area contributed by atoms with E-state index < -0.39 is 12.1 Å². The Morgan fingerprint density at radius 3 is 1.96 bits per heavy atom. The van der Waals surface area contributed by atoms with Gasteiger partial charge in [-0.1, -0.05) is 83.6 Å². The number of aliphatic hydroxyl groups is 1. The summed E-state index contributed by atoms with van der Waals surface area (Å²) in [4.78, 5) is 20.9. The number of unbranched alkanes of at least 4 members (excludes halogenated alkanes) is 12. The summed E-state index contributed by atoms with van der Waals surface area (Å²) in [6.45, 7) is 2.17. The molecule has 2 unspecified atom stereocenters. The maximum Gasteiger partial charge on any atom is 0.238 e. The summed E-state index contributed by atoms with van der Waals surface area (Å²) in [7, 11) is 0. The number of hydrogen-bond acceptors (Lipinski definition) is 4. The Kier molecular flexibility index (Phi) is 18.6. The molecule has 5 heteroatoms. The van der Waals surface area contributed by atoms with E-state index in [4.69, 9.17) is 0 Å². The van der Waals surface area contributed by atoms with Gasteiger partial charge >= 0.3 is 0 Å². The van der Waals surface area contributed by atoms with Gasteiger partial charge in [-0.15, -0.1) is 0 Å². The topological polar surface area (TPSA) is 80.4 Å². The van der Waals surface area contributed by atoms with E-state index in [9.17, 15) is 20.0 Å². The van der Waals surface area contributed by atoms with Gasteiger partial charge in [0.1, 0.15) is 6.10 Å². The van der Waals surface area contributed by atoms with E-state index in [1.165, 1.54) is 31.8 Å². The van der Waals surface area contributed by atoms with Crippen molar-refractivity contribution in [2.45, 2.75) is 122 Å². The van der Waals surface area contributed by atoms with Crippen LogP contribution in [0, 0.1) is 10.1 Å². The van der Waals surface area contributed by atoms with E-state index in [0.717, 1.165) is 64.2 Å². The third-order valence-electron chi connectivity index (χ3n) is 5.12. The molecule has 0 saturated heterocycles. The summed E-state index contributed by atoms with van der Waals surface area (Å²) in [6, 6.07) is -0.798. The lowest BCUT2D eigenvalue weighted by atomic mass is 9.98. The van der Waals surface area contributed by atoms with Crippen molar-refractivity contribution >= 4 is 6.29 Å². The Morgan fingerprint density at radius 2 is 1.41 bits per heavy atom. The number of carbonyl (C=O) groups excluding carboxylic acids is 1. The molecule has 0 saturated carbocycles. The number of nitro groups is 1. The van der Waals surface area contributed by atoms with Crippen LogP contribution in [0.4, 0.5) is 0 Å². The maximum absolute atomic E-state index is 11.2. The van der Waals surface area contributed by atoms with Crippen molar-refractivity contribution in [3.8, 4) is 0 Å². The standard InChI is InChI=1S/C22H40NO4/c1-2-3-4-5-12-15-18-21(23(26)27)22(25)19-16-13-10-8-6-7-9-11-14-17-20-24/h14,17,21-22,25H,2-13,15-16,18-19H2,1H3. The number of hydrogen-bond donors (Lipinski definition) is 1. The Hall–Kier alpha value is -1.23. The summed E-state index contributed by atoms with van der Waals surface area (Å²) < 4.78 is 0. The number of allylic oxidation sites excluding steroid dienone is 2. The quantitative estimate of drug-likeness (QED) is 0.123. The molecule has 157 valence electrons. The van der Waals surface area contributed by atoms with Crippen molar-refractivity contribution in [3.05, 3.63) is 22.3 Å². The van der Waals surface area contributed by atoms with Crippen molar-refractivity contribution in [3.63, 3.8) is 0 Å². The molecule has 1 radical (unpaired) electrons. The molecule has 0 aliphatic carbocycles. The van der Waals surface area contributed by atoms with Gasteiger partial charge in [0.2, 0.25) is 12.3 Å². The van der Waals surface area contributed by atoms with Gasteiger partial charge in [0.05, 0.1) is 0 Å². The molecule has 27 heavy (non-hydrogen) atoms. The van der Waals surface area contributed by atoms with E-state index in [1.807, 2.05) is 6.08 Å². The molecule has 1 N–H and O–H groups in total. The fourth-order valence-corrected chi connectivity index (χ4v) is 3.40. The lowest BCUT2D eigenvalue weighted by Crippen LogP contribution is -2.33. The largest absolute Gasteiger partial charge is 0.386 e. The SMILES string of the molecule is CCCCCCCCC(C(O)CCCCCCCCCC=C[C]=O)[N+](=O)[O-]. The molecule has 0 rings (SSSR count). The fraction of sp³-hybridized carbons (Fsp3) is 0.864. The zero-order valence-corrected chi connectivity index (χ0v) is 17.2. The Balaban J connectivity index is 3.67. The summed E-state index contributed by atoms with van der Waals surface area (Å²) in [5, 5.41) is 21.4. The van der Waals surface area contributed by atoms with E-state index >= 15 is 0 Å². The number of nitrogens with zero attached hydrogens (tertiary/aromatic N) is 1. The van der Waals surface area contributed by atoms with Gasteiger partial charge < -0.3 is 5.11 Å². The summed E-state index contributed by atoms with van der Waals surface area (Å²) in [5.74, 6) is 0. The molecular formula is C22H40NO4. The third kappa shape index (κ3) is 16.7. The van der Waals surface area contributed by atoms with Gasteiger partial charge in [-0.05, 0) is 31.8 Å². The van der Waals surface area contributed by atoms with Crippen LogP contribution in [0.15, 0.2) is 12.2 Å². The zero-order valence-electron chi connectivity index (χ0n) is 17.2. The zero-order chi connectivity index (χ0) is 20.2. The Labute approximate surface area is 165 Å². The molecule has 0 aromatic carbocycles. The predicted molar refractivity (Wildman–Crippen MR) is 111 cm³/mol. The first kappa shape index (κ1) is 25.8. The van der Waals surface area contributed by atoms with Gasteiger partial charge in [-0.2, -0.15) is 0 Å². The van der Waals surface area contributed by atoms with Crippen molar-refractivity contribution in [1.29, 1.82) is 0 Å². The van der Waals surface area contributed by atoms with Gasteiger partial charge in [-0.25, -0.2) is 0 Å². The predicted octanol–water partition coefficient (Wildman–Crippen LogP) is 5.92. The van der Waals surface area contributed by atoms with E-state index in [0.29, 0.717) is 12.8 Å². The monoisotopic (exact) mass is 382 g/mol. The Bertz CT molecular complexity index is 385. The van der Waals surface area contributed by atoms with Crippen LogP contribution in [0.2, 0.25) is 0 Å². The summed E-state index contributed by atoms with van der Waals surface area (Å²) in [5.41, 5.74) is 0. The molecule has 0 spiro atoms. The van der Waals surface area contributed by atoms with Crippen LogP contribution in [0.5, 0.6) is 0 Å². The first-order chi connectivity index (χ1) is 13.1. The molecule has 0 aromatic heterocycles. The maximum atomic E-state index is 11.2. The van der Waals surface area contributed by atoms with Crippen molar-refractivity contribution < 1.29 is 14.8 Å². The lowest BCUT2D eigenvalue weighted by Gasteiger charge is -2.16. The molecule has 0 heterocycles. The van der Waals surface area contributed by atoms with E-state index in [1.54, 1.807) is 6.29 Å². The van der Waals surface area contributed by atoms with Crippen molar-refractivity contribution in [2.24, 2.45) is 0 Å². The second-order valence-electron chi connectivity index (χ2n) is 7.55. The second-order valence-corrected chi connectivity index (χ2v) is 7.55. The van der Waals surface area contributed by atoms with Crippen LogP contribution in [0.3, 0.4) is 0 Å². The van der Waals surface area contributed by atoms with Crippen LogP contribution in [-0.2, 0) is 4.79 Å². The summed E-state index contributed by atoms with van der Waals surface area (Å²) >= 11 is 0. The minimum atomic E-state index is -0.808. The van der Waals surface area contributed by atoms with Crippen LogP contribution in [-0.4, -0.2) is 28.5 Å². The van der Waals surface area contributed by atoms with E-state index in [2.05, 4.69) is 6.92 Å². The highest BCUT2D eigenvalue weighted by Crippen LogP contribution is 2.17. The molecular weight excluding hydrogens is 342 g/mol. The smallest absolute Gasteiger partial charge is 0.238 e. The molecule has 0 aliphatic heterocycles. The van der Waals surface area contributed by atoms with E-state index in [-0.39, 0.29) is 4.92 Å². The van der Waals surface area contributed by atoms with Crippen LogP contribution < -0.4 is 0 Å². The highest BCUT2D eigenvalue weighted by molar-refractivity contribution is 5.65. The minimum Gasteiger partial charge on any atom is -0.386 e. The first-order valence-corrected chi connectivity index (χ1v) is 11.0. The van der Waals surface area contributed by atoms with Gasteiger partial charge in [-0.3, -0.25) is 14.9 Å². The highest BCUT2D eigenvalue weighted by Gasteiger charge is 2.28. The number of aliphatic hydroxyl groups excluding tert-OH is 1. The van der Waals surface area contributed by atoms with Crippen molar-refractivity contribution in [1.82, 2.24) is 0 Å². The van der Waals surface area contributed by atoms with Crippen molar-refractivity contribution in [2.75, 3.05) is 0 Å². The molecule has 0 bridgehead atoms. The average Bonchev–Trinajstić information content (AvgIpc) is 2.65. The normalized spacial score (nSPS) is 13.7. The molecule has 0 aliphatic rings. The average molecular weight is 383 g/mol. The van der Waals surface area contributed by atoms with Gasteiger partial charge in [0, 0.05) is 11.3 Å². The number of rotatable bonds is 20.